The number of nitrogens with zero attached hydrogens (tertiary/aromatic N) is 1. The van der Waals surface area contributed by atoms with Gasteiger partial charge in [0.1, 0.15) is 0 Å². The van der Waals surface area contributed by atoms with Crippen molar-refractivity contribution < 1.29 is 0 Å². The molecule has 0 aliphatic rings. The molecule has 1 nitrogen and oxygen atoms in total. The fourth-order valence-corrected chi connectivity index (χ4v) is 3.49. The van der Waals surface area contributed by atoms with Gasteiger partial charge in [-0.25, -0.2) is 0 Å². The Hall–Kier alpha value is -3.29. The van der Waals surface area contributed by atoms with E-state index in [9.17, 15) is 0 Å². The molecule has 29 heavy (non-hydrogen) atoms. The maximum atomic E-state index is 6.10. The first-order chi connectivity index (χ1) is 14.2. The van der Waals surface area contributed by atoms with E-state index in [-0.39, 0.29) is 0 Å². The van der Waals surface area contributed by atoms with E-state index in [1.165, 1.54) is 16.7 Å². The molecule has 0 heterocycles. The van der Waals surface area contributed by atoms with Crippen LogP contribution in [0.15, 0.2) is 109 Å². The second kappa shape index (κ2) is 8.81. The highest BCUT2D eigenvalue weighted by Crippen LogP contribution is 2.35. The second-order valence-electron chi connectivity index (χ2n) is 6.93. The van der Waals surface area contributed by atoms with Gasteiger partial charge in [0.15, 0.2) is 0 Å². The fourth-order valence-electron chi connectivity index (χ4n) is 3.37. The van der Waals surface area contributed by atoms with Gasteiger partial charge in [-0.3, -0.25) is 0 Å². The third-order valence-electron chi connectivity index (χ3n) is 4.86. The lowest BCUT2D eigenvalue weighted by Crippen LogP contribution is -2.09. The molecular weight excluding hydrogens is 374 g/mol. The van der Waals surface area contributed by atoms with Crippen LogP contribution >= 0.6 is 11.6 Å². The van der Waals surface area contributed by atoms with E-state index in [1.54, 1.807) is 0 Å². The maximum Gasteiger partial charge on any atom is 0.0462 e. The molecule has 0 N–H and O–H groups in total. The number of allylic oxidation sites excluding steroid dienone is 1. The lowest BCUT2D eigenvalue weighted by Gasteiger charge is -2.25. The largest absolute Gasteiger partial charge is 0.311 e. The van der Waals surface area contributed by atoms with E-state index in [2.05, 4.69) is 90.7 Å². The van der Waals surface area contributed by atoms with Gasteiger partial charge in [-0.1, -0.05) is 78.3 Å². The summed E-state index contributed by atoms with van der Waals surface area (Å²) in [5.74, 6) is 0. The molecule has 0 saturated heterocycles. The van der Waals surface area contributed by atoms with E-state index in [0.717, 1.165) is 22.1 Å². The van der Waals surface area contributed by atoms with Gasteiger partial charge in [0.2, 0.25) is 0 Å². The summed E-state index contributed by atoms with van der Waals surface area (Å²) in [5, 5.41) is 0.735. The lowest BCUT2D eigenvalue weighted by molar-refractivity contribution is 1.28. The Morgan fingerprint density at radius 2 is 1.10 bits per heavy atom. The first-order valence-corrected chi connectivity index (χ1v) is 10.0. The Labute approximate surface area is 177 Å². The molecule has 4 aromatic carbocycles. The quantitative estimate of drug-likeness (QED) is 0.307. The summed E-state index contributed by atoms with van der Waals surface area (Å²) < 4.78 is 0. The van der Waals surface area contributed by atoms with Crippen LogP contribution in [0.5, 0.6) is 0 Å². The third-order valence-corrected chi connectivity index (χ3v) is 5.11. The molecule has 0 aromatic heterocycles. The molecular formula is C27H22ClN. The van der Waals surface area contributed by atoms with Gasteiger partial charge >= 0.3 is 0 Å². The summed E-state index contributed by atoms with van der Waals surface area (Å²) in [6.45, 7) is 2.15. The van der Waals surface area contributed by atoms with Crippen molar-refractivity contribution in [3.8, 4) is 0 Å². The van der Waals surface area contributed by atoms with Crippen molar-refractivity contribution in [2.24, 2.45) is 0 Å². The molecule has 0 unspecified atom stereocenters. The van der Waals surface area contributed by atoms with Gasteiger partial charge < -0.3 is 4.90 Å². The molecule has 4 rings (SSSR count). The lowest BCUT2D eigenvalue weighted by atomic mass is 10.0. The Bertz CT molecular complexity index is 1080. The minimum absolute atomic E-state index is 0.735. The van der Waals surface area contributed by atoms with Gasteiger partial charge in [-0.05, 0) is 72.2 Å². The average molecular weight is 396 g/mol. The molecule has 0 radical (unpaired) electrons. The molecule has 0 fully saturated rings. The highest BCUT2D eigenvalue weighted by molar-refractivity contribution is 6.30. The summed E-state index contributed by atoms with van der Waals surface area (Å²) in [6, 6.07) is 37.4. The van der Waals surface area contributed by atoms with Crippen molar-refractivity contribution in [2.45, 2.75) is 6.92 Å². The minimum atomic E-state index is 0.735. The number of hydrogen-bond acceptors (Lipinski definition) is 1. The molecule has 4 aromatic rings. The van der Waals surface area contributed by atoms with Crippen LogP contribution < -0.4 is 4.90 Å². The van der Waals surface area contributed by atoms with Crippen molar-refractivity contribution in [3.63, 3.8) is 0 Å². The number of hydrogen-bond donors (Lipinski definition) is 0. The number of halogens is 1. The summed E-state index contributed by atoms with van der Waals surface area (Å²) in [7, 11) is 0. The zero-order valence-electron chi connectivity index (χ0n) is 16.3. The second-order valence-corrected chi connectivity index (χ2v) is 7.37. The number of para-hydroxylation sites is 1. The van der Waals surface area contributed by atoms with Crippen LogP contribution in [0.3, 0.4) is 0 Å². The van der Waals surface area contributed by atoms with E-state index < -0.39 is 0 Å². The average Bonchev–Trinajstić information content (AvgIpc) is 2.78. The molecule has 0 bridgehead atoms. The van der Waals surface area contributed by atoms with E-state index in [4.69, 9.17) is 11.6 Å². The predicted molar refractivity (Wildman–Crippen MR) is 126 cm³/mol. The van der Waals surface area contributed by atoms with Crippen LogP contribution in [-0.2, 0) is 0 Å². The zero-order valence-corrected chi connectivity index (χ0v) is 17.1. The highest BCUT2D eigenvalue weighted by atomic mass is 35.5. The van der Waals surface area contributed by atoms with Crippen LogP contribution in [-0.4, -0.2) is 0 Å². The number of benzene rings is 4. The van der Waals surface area contributed by atoms with Crippen LogP contribution in [0.1, 0.15) is 18.1 Å². The molecule has 0 aliphatic carbocycles. The van der Waals surface area contributed by atoms with Crippen molar-refractivity contribution >= 4 is 40.3 Å². The SMILES string of the molecule is CC(=Cc1ccc(N(c2ccccc2)c2ccc(Cl)cc2)cc1)c1ccccc1. The van der Waals surface area contributed by atoms with Crippen molar-refractivity contribution in [3.05, 3.63) is 125 Å². The first kappa shape index (κ1) is 19.0. The molecule has 0 atom stereocenters. The number of anilines is 3. The van der Waals surface area contributed by atoms with Crippen LogP contribution in [0.25, 0.3) is 11.6 Å². The summed E-state index contributed by atoms with van der Waals surface area (Å²) in [5.41, 5.74) is 6.95. The Balaban J connectivity index is 1.68. The van der Waals surface area contributed by atoms with Crippen molar-refractivity contribution in [1.82, 2.24) is 0 Å². The molecule has 0 aliphatic heterocycles. The zero-order chi connectivity index (χ0) is 20.1. The molecule has 0 amide bonds. The van der Waals surface area contributed by atoms with Crippen molar-refractivity contribution in [1.29, 1.82) is 0 Å². The van der Waals surface area contributed by atoms with Gasteiger partial charge in [0.05, 0.1) is 0 Å². The minimum Gasteiger partial charge on any atom is -0.311 e. The smallest absolute Gasteiger partial charge is 0.0462 e. The van der Waals surface area contributed by atoms with Crippen LogP contribution in [0, 0.1) is 0 Å². The Kier molecular flexibility index (Phi) is 5.79. The fraction of sp³-hybridized carbons (Fsp3) is 0.0370. The normalized spacial score (nSPS) is 11.3. The maximum absolute atomic E-state index is 6.10. The Morgan fingerprint density at radius 1 is 0.621 bits per heavy atom. The summed E-state index contributed by atoms with van der Waals surface area (Å²) >= 11 is 6.10. The standard InChI is InChI=1S/C27H22ClN/c1-21(23-8-4-2-5-9-23)20-22-12-16-26(17-13-22)29(25-10-6-3-7-11-25)27-18-14-24(28)15-19-27/h2-20H,1H3. The van der Waals surface area contributed by atoms with Crippen molar-refractivity contribution in [2.75, 3.05) is 4.90 Å². The van der Waals surface area contributed by atoms with Gasteiger partial charge in [0.25, 0.3) is 0 Å². The molecule has 0 spiro atoms. The van der Waals surface area contributed by atoms with Gasteiger partial charge in [-0.2, -0.15) is 0 Å². The molecule has 142 valence electrons. The topological polar surface area (TPSA) is 3.24 Å². The summed E-state index contributed by atoms with van der Waals surface area (Å²) in [6.07, 6.45) is 2.22. The van der Waals surface area contributed by atoms with Crippen LogP contribution in [0.2, 0.25) is 5.02 Å². The summed E-state index contributed by atoms with van der Waals surface area (Å²) in [4.78, 5) is 2.23. The first-order valence-electron chi connectivity index (χ1n) is 9.65. The predicted octanol–water partition coefficient (Wildman–Crippen LogP) is 8.37. The van der Waals surface area contributed by atoms with E-state index >= 15 is 0 Å². The van der Waals surface area contributed by atoms with E-state index in [1.807, 2.05) is 36.4 Å². The monoisotopic (exact) mass is 395 g/mol. The molecule has 0 saturated carbocycles. The Morgan fingerprint density at radius 3 is 1.69 bits per heavy atom. The van der Waals surface area contributed by atoms with E-state index in [0.29, 0.717) is 0 Å². The van der Waals surface area contributed by atoms with Gasteiger partial charge in [0, 0.05) is 22.1 Å². The number of rotatable bonds is 5. The molecule has 2 heteroatoms. The van der Waals surface area contributed by atoms with Gasteiger partial charge in [-0.15, -0.1) is 0 Å². The highest BCUT2D eigenvalue weighted by Gasteiger charge is 2.11. The third kappa shape index (κ3) is 4.59. The van der Waals surface area contributed by atoms with Crippen LogP contribution in [0.4, 0.5) is 17.1 Å².